The Morgan fingerprint density at radius 2 is 2.13 bits per heavy atom. The van der Waals surface area contributed by atoms with Crippen molar-refractivity contribution in [3.8, 4) is 17.1 Å². The third-order valence-electron chi connectivity index (χ3n) is 5.12. The number of non-ortho nitro benzene ring substituents is 1. The van der Waals surface area contributed by atoms with Gasteiger partial charge in [0.05, 0.1) is 35.4 Å². The number of nitro groups is 1. The molecule has 1 N–H and O–H groups in total. The van der Waals surface area contributed by atoms with Crippen LogP contribution in [0.5, 0.6) is 5.75 Å². The summed E-state index contributed by atoms with van der Waals surface area (Å²) in [5.74, 6) is 1.65. The molecule has 3 aromatic rings. The van der Waals surface area contributed by atoms with Crippen molar-refractivity contribution in [3.63, 3.8) is 0 Å². The molecule has 1 aromatic carbocycles. The normalized spacial score (nSPS) is 18.3. The summed E-state index contributed by atoms with van der Waals surface area (Å²) in [5, 5.41) is 15.1. The molecule has 1 fully saturated rings. The van der Waals surface area contributed by atoms with Crippen LogP contribution in [0.4, 0.5) is 5.69 Å². The molecule has 9 heteroatoms. The quantitative estimate of drug-likeness (QED) is 0.357. The Labute approximate surface area is 178 Å². The van der Waals surface area contributed by atoms with E-state index in [1.807, 2.05) is 37.3 Å². The lowest BCUT2D eigenvalue weighted by atomic mass is 10.0. The van der Waals surface area contributed by atoms with Crippen LogP contribution in [0.3, 0.4) is 0 Å². The van der Waals surface area contributed by atoms with Crippen molar-refractivity contribution in [2.24, 2.45) is 0 Å². The van der Waals surface area contributed by atoms with E-state index in [-0.39, 0.29) is 17.8 Å². The van der Waals surface area contributed by atoms with Gasteiger partial charge in [0.1, 0.15) is 23.3 Å². The Hall–Kier alpha value is -3.46. The third kappa shape index (κ3) is 3.48. The van der Waals surface area contributed by atoms with E-state index in [1.165, 1.54) is 19.2 Å². The lowest BCUT2D eigenvalue weighted by Crippen LogP contribution is -2.29. The van der Waals surface area contributed by atoms with Crippen molar-refractivity contribution < 1.29 is 14.1 Å². The topological polar surface area (TPSA) is 93.7 Å². The standard InChI is InChI=1S/C21H20N4O4S/c1-3-24-20(19(23-21(24)30)15-6-4-5-11-22-15)17-10-9-16(29-17)14-8-7-13(25(26)27)12-18(14)28-2/h4-12,19-20H,3H2,1-2H3,(H,23,30)/t19-,20-/m1/s1. The second kappa shape index (κ2) is 8.11. The first kappa shape index (κ1) is 19.8. The van der Waals surface area contributed by atoms with Gasteiger partial charge in [0.15, 0.2) is 5.11 Å². The second-order valence-electron chi connectivity index (χ2n) is 6.76. The minimum atomic E-state index is -0.457. The maximum atomic E-state index is 11.1. The predicted molar refractivity (Wildman–Crippen MR) is 115 cm³/mol. The zero-order valence-electron chi connectivity index (χ0n) is 16.4. The number of thiocarbonyl (C=S) groups is 1. The highest BCUT2D eigenvalue weighted by Gasteiger charge is 2.41. The van der Waals surface area contributed by atoms with Crippen LogP contribution in [0.2, 0.25) is 0 Å². The summed E-state index contributed by atoms with van der Waals surface area (Å²) < 4.78 is 11.6. The summed E-state index contributed by atoms with van der Waals surface area (Å²) in [6.45, 7) is 2.74. The van der Waals surface area contributed by atoms with Crippen LogP contribution in [0.1, 0.15) is 30.5 Å². The molecule has 0 spiro atoms. The number of aromatic nitrogens is 1. The molecular weight excluding hydrogens is 404 g/mol. The molecule has 30 heavy (non-hydrogen) atoms. The SMILES string of the molecule is CCN1C(=S)N[C@H](c2ccccn2)[C@H]1c1ccc(-c2ccc([N+](=O)[O-])cc2OC)o1. The Kier molecular flexibility index (Phi) is 5.37. The molecule has 0 amide bonds. The number of benzene rings is 1. The largest absolute Gasteiger partial charge is 0.496 e. The molecule has 3 heterocycles. The first-order valence-electron chi connectivity index (χ1n) is 9.44. The average Bonchev–Trinajstić information content (AvgIpc) is 3.37. The molecule has 1 saturated heterocycles. The summed E-state index contributed by atoms with van der Waals surface area (Å²) in [4.78, 5) is 17.1. The highest BCUT2D eigenvalue weighted by Crippen LogP contribution is 2.41. The van der Waals surface area contributed by atoms with Crippen molar-refractivity contribution in [1.82, 2.24) is 15.2 Å². The number of furan rings is 1. The van der Waals surface area contributed by atoms with Gasteiger partial charge >= 0.3 is 0 Å². The molecule has 0 aliphatic carbocycles. The first-order valence-corrected chi connectivity index (χ1v) is 9.85. The fourth-order valence-electron chi connectivity index (χ4n) is 3.71. The van der Waals surface area contributed by atoms with Crippen LogP contribution in [0.15, 0.2) is 59.1 Å². The fourth-order valence-corrected chi connectivity index (χ4v) is 4.08. The first-order chi connectivity index (χ1) is 14.5. The smallest absolute Gasteiger partial charge is 0.273 e. The number of hydrogen-bond donors (Lipinski definition) is 1. The van der Waals surface area contributed by atoms with Crippen molar-refractivity contribution in [1.29, 1.82) is 0 Å². The highest BCUT2D eigenvalue weighted by molar-refractivity contribution is 7.80. The zero-order valence-corrected chi connectivity index (χ0v) is 17.3. The van der Waals surface area contributed by atoms with Gasteiger partial charge in [-0.3, -0.25) is 15.1 Å². The van der Waals surface area contributed by atoms with E-state index in [4.69, 9.17) is 21.4 Å². The predicted octanol–water partition coefficient (Wildman–Crippen LogP) is 4.25. The fraction of sp³-hybridized carbons (Fsp3) is 0.238. The molecule has 154 valence electrons. The molecule has 4 rings (SSSR count). The minimum Gasteiger partial charge on any atom is -0.496 e. The second-order valence-corrected chi connectivity index (χ2v) is 7.14. The Bertz CT molecular complexity index is 1090. The number of ether oxygens (including phenoxy) is 1. The number of methoxy groups -OCH3 is 1. The number of likely N-dealkylation sites (N-methyl/N-ethyl adjacent to an activating group) is 1. The van der Waals surface area contributed by atoms with Gasteiger partial charge in [-0.15, -0.1) is 0 Å². The Morgan fingerprint density at radius 1 is 1.30 bits per heavy atom. The van der Waals surface area contributed by atoms with Gasteiger partial charge in [-0.25, -0.2) is 0 Å². The van der Waals surface area contributed by atoms with Gasteiger partial charge in [-0.05, 0) is 49.5 Å². The van der Waals surface area contributed by atoms with Crippen LogP contribution in [0.25, 0.3) is 11.3 Å². The number of rotatable bonds is 6. The van der Waals surface area contributed by atoms with Gasteiger partial charge in [0.2, 0.25) is 0 Å². The Balaban J connectivity index is 1.73. The molecular formula is C21H20N4O4S. The third-order valence-corrected chi connectivity index (χ3v) is 5.47. The summed E-state index contributed by atoms with van der Waals surface area (Å²) in [7, 11) is 1.47. The molecule has 2 aromatic heterocycles. The van der Waals surface area contributed by atoms with Crippen molar-refractivity contribution in [2.45, 2.75) is 19.0 Å². The number of nitro benzene ring substituents is 1. The van der Waals surface area contributed by atoms with E-state index in [0.29, 0.717) is 28.7 Å². The summed E-state index contributed by atoms with van der Waals surface area (Å²) in [6.07, 6.45) is 1.75. The van der Waals surface area contributed by atoms with Gasteiger partial charge in [-0.1, -0.05) is 6.07 Å². The van der Waals surface area contributed by atoms with Gasteiger partial charge in [0.25, 0.3) is 5.69 Å². The zero-order chi connectivity index (χ0) is 21.3. The van der Waals surface area contributed by atoms with Crippen LogP contribution in [-0.2, 0) is 0 Å². The maximum absolute atomic E-state index is 11.1. The summed E-state index contributed by atoms with van der Waals surface area (Å²) in [5.41, 5.74) is 1.46. The Morgan fingerprint density at radius 3 is 2.80 bits per heavy atom. The van der Waals surface area contributed by atoms with Crippen LogP contribution >= 0.6 is 12.2 Å². The summed E-state index contributed by atoms with van der Waals surface area (Å²) in [6, 6.07) is 13.6. The minimum absolute atomic E-state index is 0.0416. The molecule has 1 aliphatic heterocycles. The summed E-state index contributed by atoms with van der Waals surface area (Å²) >= 11 is 5.53. The maximum Gasteiger partial charge on any atom is 0.273 e. The lowest BCUT2D eigenvalue weighted by molar-refractivity contribution is -0.384. The van der Waals surface area contributed by atoms with Crippen LogP contribution < -0.4 is 10.1 Å². The van der Waals surface area contributed by atoms with E-state index in [9.17, 15) is 10.1 Å². The van der Waals surface area contributed by atoms with Gasteiger partial charge in [0, 0.05) is 18.8 Å². The molecule has 0 radical (unpaired) electrons. The molecule has 0 bridgehead atoms. The van der Waals surface area contributed by atoms with Gasteiger partial charge in [-0.2, -0.15) is 0 Å². The highest BCUT2D eigenvalue weighted by atomic mass is 32.1. The molecule has 1 aliphatic rings. The number of nitrogens with zero attached hydrogens (tertiary/aromatic N) is 3. The van der Waals surface area contributed by atoms with E-state index in [2.05, 4.69) is 15.2 Å². The van der Waals surface area contributed by atoms with Crippen molar-refractivity contribution >= 4 is 23.0 Å². The van der Waals surface area contributed by atoms with E-state index < -0.39 is 4.92 Å². The molecule has 8 nitrogen and oxygen atoms in total. The lowest BCUT2D eigenvalue weighted by Gasteiger charge is -2.24. The number of pyridine rings is 1. The monoisotopic (exact) mass is 424 g/mol. The average molecular weight is 424 g/mol. The van der Waals surface area contributed by atoms with E-state index in [0.717, 1.165) is 11.5 Å². The van der Waals surface area contributed by atoms with E-state index in [1.54, 1.807) is 12.3 Å². The van der Waals surface area contributed by atoms with Crippen molar-refractivity contribution in [3.05, 3.63) is 76.3 Å². The van der Waals surface area contributed by atoms with Crippen molar-refractivity contribution in [2.75, 3.05) is 13.7 Å². The number of hydrogen-bond acceptors (Lipinski definition) is 6. The van der Waals surface area contributed by atoms with Gasteiger partial charge < -0.3 is 19.4 Å². The van der Waals surface area contributed by atoms with E-state index >= 15 is 0 Å². The van der Waals surface area contributed by atoms with Crippen LogP contribution in [-0.4, -0.2) is 33.6 Å². The molecule has 0 saturated carbocycles. The van der Waals surface area contributed by atoms with Crippen LogP contribution in [0, 0.1) is 10.1 Å². The molecule has 0 unspecified atom stereocenters. The number of nitrogens with one attached hydrogen (secondary N) is 1. The molecule has 2 atom stereocenters.